The van der Waals surface area contributed by atoms with Gasteiger partial charge in [0.15, 0.2) is 0 Å². The Morgan fingerprint density at radius 1 is 0.950 bits per heavy atom. The quantitative estimate of drug-likeness (QED) is 0.361. The maximum absolute atomic E-state index is 13.8. The van der Waals surface area contributed by atoms with E-state index < -0.39 is 47.4 Å². The van der Waals surface area contributed by atoms with Crippen LogP contribution in [0.15, 0.2) is 54.1 Å². The highest BCUT2D eigenvalue weighted by Gasteiger charge is 2.48. The molecule has 3 aliphatic heterocycles. The molecular weight excluding hydrogens is 543 g/mol. The third kappa shape index (κ3) is 5.90. The maximum atomic E-state index is 13.8. The summed E-state index contributed by atoms with van der Waals surface area (Å²) in [5.74, 6) is -0.973. The molecule has 3 heterocycles. The van der Waals surface area contributed by atoms with Crippen LogP contribution in [0.1, 0.15) is 60.5 Å². The zero-order valence-corrected chi connectivity index (χ0v) is 21.6. The Bertz CT molecular complexity index is 1230. The molecule has 0 aliphatic carbocycles. The predicted molar refractivity (Wildman–Crippen MR) is 131 cm³/mol. The third-order valence-corrected chi connectivity index (χ3v) is 8.09. The zero-order chi connectivity index (χ0) is 28.8. The summed E-state index contributed by atoms with van der Waals surface area (Å²) in [6.45, 7) is 2.67. The fourth-order valence-electron chi connectivity index (χ4n) is 6.07. The van der Waals surface area contributed by atoms with Gasteiger partial charge >= 0.3 is 12.4 Å². The van der Waals surface area contributed by atoms with Crippen LogP contribution in [-0.4, -0.2) is 42.7 Å². The average molecular weight is 572 g/mol. The van der Waals surface area contributed by atoms with E-state index in [0.29, 0.717) is 37.3 Å². The van der Waals surface area contributed by atoms with Crippen molar-refractivity contribution in [3.05, 3.63) is 82.2 Å². The summed E-state index contributed by atoms with van der Waals surface area (Å²) >= 11 is 0. The number of fused-ring (bicyclic) bond motifs is 1. The molecule has 2 fully saturated rings. The first-order chi connectivity index (χ1) is 18.8. The van der Waals surface area contributed by atoms with Gasteiger partial charge in [-0.3, -0.25) is 4.79 Å². The molecule has 0 spiro atoms. The summed E-state index contributed by atoms with van der Waals surface area (Å²) in [5, 5.41) is 0. The van der Waals surface area contributed by atoms with Crippen molar-refractivity contribution >= 4 is 5.91 Å². The number of halogens is 7. The van der Waals surface area contributed by atoms with Gasteiger partial charge in [-0.1, -0.05) is 17.7 Å². The molecule has 3 aliphatic rings. The van der Waals surface area contributed by atoms with Crippen molar-refractivity contribution in [3.63, 3.8) is 0 Å². The Hall–Kier alpha value is -2.92. The lowest BCUT2D eigenvalue weighted by Crippen LogP contribution is -2.41. The zero-order valence-electron chi connectivity index (χ0n) is 21.6. The Labute approximate surface area is 226 Å². The standard InChI is InChI=1S/C29H28F7NO3/c1-16(19-10-21(28(31,32)33)14-22(11-19)29(34,35)36)40-25-15-37-24(27(25)18-2-4-23(30)5-3-18)12-20(13-26(37)38)17-6-8-39-9-7-17/h2-5,10-11,13-14,16-17,24-25,27H,6-9,12,15H2,1H3/t16-,24?,25+,27+/m1/s1. The fourth-order valence-corrected chi connectivity index (χ4v) is 6.07. The molecule has 1 unspecified atom stereocenters. The van der Waals surface area contributed by atoms with Crippen molar-refractivity contribution in [1.29, 1.82) is 0 Å². The van der Waals surface area contributed by atoms with E-state index in [4.69, 9.17) is 9.47 Å². The van der Waals surface area contributed by atoms with Gasteiger partial charge in [0.05, 0.1) is 23.3 Å². The summed E-state index contributed by atoms with van der Waals surface area (Å²) < 4.78 is 106. The van der Waals surface area contributed by atoms with E-state index in [0.717, 1.165) is 18.4 Å². The molecule has 2 aromatic carbocycles. The first kappa shape index (κ1) is 28.6. The van der Waals surface area contributed by atoms with Crippen molar-refractivity contribution in [2.75, 3.05) is 19.8 Å². The van der Waals surface area contributed by atoms with Crippen molar-refractivity contribution in [3.8, 4) is 0 Å². The van der Waals surface area contributed by atoms with Crippen LogP contribution in [0, 0.1) is 11.7 Å². The number of ether oxygens (including phenoxy) is 2. The second-order valence-electron chi connectivity index (χ2n) is 10.6. The van der Waals surface area contributed by atoms with Gasteiger partial charge in [0, 0.05) is 37.8 Å². The van der Waals surface area contributed by atoms with Crippen LogP contribution in [0.3, 0.4) is 0 Å². The minimum atomic E-state index is -4.99. The molecule has 2 saturated heterocycles. The smallest absolute Gasteiger partial charge is 0.381 e. The monoisotopic (exact) mass is 571 g/mol. The summed E-state index contributed by atoms with van der Waals surface area (Å²) in [6, 6.07) is 6.75. The Morgan fingerprint density at radius 3 is 2.12 bits per heavy atom. The number of benzene rings is 2. The molecule has 0 aromatic heterocycles. The van der Waals surface area contributed by atoms with Gasteiger partial charge in [0.2, 0.25) is 5.91 Å². The summed E-state index contributed by atoms with van der Waals surface area (Å²) in [7, 11) is 0. The highest BCUT2D eigenvalue weighted by Crippen LogP contribution is 2.45. The largest absolute Gasteiger partial charge is 0.416 e. The molecule has 2 aromatic rings. The van der Waals surface area contributed by atoms with Gasteiger partial charge in [-0.25, -0.2) is 4.39 Å². The molecule has 216 valence electrons. The van der Waals surface area contributed by atoms with Crippen molar-refractivity contribution in [1.82, 2.24) is 4.90 Å². The topological polar surface area (TPSA) is 38.8 Å². The van der Waals surface area contributed by atoms with Crippen LogP contribution >= 0.6 is 0 Å². The van der Waals surface area contributed by atoms with E-state index in [1.54, 1.807) is 23.1 Å². The summed E-state index contributed by atoms with van der Waals surface area (Å²) in [5.41, 5.74) is -1.47. The molecule has 0 N–H and O–H groups in total. The van der Waals surface area contributed by atoms with Crippen molar-refractivity contribution in [2.24, 2.45) is 5.92 Å². The number of hydrogen-bond acceptors (Lipinski definition) is 3. The van der Waals surface area contributed by atoms with Crippen molar-refractivity contribution in [2.45, 2.75) is 62.7 Å². The van der Waals surface area contributed by atoms with Crippen LogP contribution < -0.4 is 0 Å². The maximum Gasteiger partial charge on any atom is 0.416 e. The Morgan fingerprint density at radius 2 is 1.55 bits per heavy atom. The SMILES string of the molecule is C[C@@H](O[C@H]1CN2C(=O)C=C(C3CCOCC3)CC2[C@@H]1c1ccc(F)cc1)c1cc(C(F)(F)F)cc(C(F)(F)F)c1. The van der Waals surface area contributed by atoms with Crippen LogP contribution in [0.5, 0.6) is 0 Å². The first-order valence-electron chi connectivity index (χ1n) is 13.1. The average Bonchev–Trinajstić information content (AvgIpc) is 3.26. The van der Waals surface area contributed by atoms with Gasteiger partial charge in [-0.05, 0) is 73.6 Å². The predicted octanol–water partition coefficient (Wildman–Crippen LogP) is 7.06. The highest BCUT2D eigenvalue weighted by atomic mass is 19.4. The minimum Gasteiger partial charge on any atom is -0.381 e. The lowest BCUT2D eigenvalue weighted by atomic mass is 9.80. The molecule has 4 atom stereocenters. The van der Waals surface area contributed by atoms with Gasteiger partial charge < -0.3 is 14.4 Å². The molecular formula is C29H28F7NO3. The number of nitrogens with zero attached hydrogens (tertiary/aromatic N) is 1. The second-order valence-corrected chi connectivity index (χ2v) is 10.6. The Balaban J connectivity index is 1.46. The van der Waals surface area contributed by atoms with Crippen LogP contribution in [-0.2, 0) is 26.6 Å². The number of alkyl halides is 6. The lowest BCUT2D eigenvalue weighted by molar-refractivity contribution is -0.143. The van der Waals surface area contributed by atoms with E-state index in [2.05, 4.69) is 0 Å². The molecule has 40 heavy (non-hydrogen) atoms. The summed E-state index contributed by atoms with van der Waals surface area (Å²) in [4.78, 5) is 14.9. The van der Waals surface area contributed by atoms with Crippen LogP contribution in [0.4, 0.5) is 30.7 Å². The number of carbonyl (C=O) groups excluding carboxylic acids is 1. The molecule has 1 amide bonds. The number of amides is 1. The normalized spacial score (nSPS) is 25.1. The van der Waals surface area contributed by atoms with Crippen LogP contribution in [0.2, 0.25) is 0 Å². The highest BCUT2D eigenvalue weighted by molar-refractivity contribution is 5.90. The second kappa shape index (κ2) is 10.8. The van der Waals surface area contributed by atoms with Gasteiger partial charge in [-0.15, -0.1) is 0 Å². The van der Waals surface area contributed by atoms with Gasteiger partial charge in [0.25, 0.3) is 0 Å². The van der Waals surface area contributed by atoms with Crippen molar-refractivity contribution < 1.29 is 45.0 Å². The van der Waals surface area contributed by atoms with Gasteiger partial charge in [0.1, 0.15) is 5.82 Å². The fraction of sp³-hybridized carbons (Fsp3) is 0.483. The number of rotatable bonds is 5. The molecule has 5 rings (SSSR count). The van der Waals surface area contributed by atoms with Crippen LogP contribution in [0.25, 0.3) is 0 Å². The number of carbonyl (C=O) groups is 1. The first-order valence-corrected chi connectivity index (χ1v) is 13.1. The summed E-state index contributed by atoms with van der Waals surface area (Å²) in [6.07, 6.45) is -8.16. The Kier molecular flexibility index (Phi) is 7.73. The molecule has 0 radical (unpaired) electrons. The molecule has 11 heteroatoms. The van der Waals surface area contributed by atoms with E-state index in [1.807, 2.05) is 0 Å². The number of hydrogen-bond donors (Lipinski definition) is 0. The van der Waals surface area contributed by atoms with E-state index in [1.165, 1.54) is 19.1 Å². The third-order valence-electron chi connectivity index (χ3n) is 8.09. The van der Waals surface area contributed by atoms with Gasteiger partial charge in [-0.2, -0.15) is 26.3 Å². The molecule has 0 bridgehead atoms. The lowest BCUT2D eigenvalue weighted by Gasteiger charge is -2.36. The molecule has 0 saturated carbocycles. The van der Waals surface area contributed by atoms with E-state index in [9.17, 15) is 35.5 Å². The minimum absolute atomic E-state index is 0.0789. The molecule has 4 nitrogen and oxygen atoms in total. The van der Waals surface area contributed by atoms with E-state index >= 15 is 0 Å². The van der Waals surface area contributed by atoms with E-state index in [-0.39, 0.29) is 36.0 Å².